The van der Waals surface area contributed by atoms with Gasteiger partial charge < -0.3 is 10.6 Å². The highest BCUT2D eigenvalue weighted by molar-refractivity contribution is 5.83. The van der Waals surface area contributed by atoms with Crippen molar-refractivity contribution < 1.29 is 14.0 Å². The van der Waals surface area contributed by atoms with E-state index in [1.807, 2.05) is 6.92 Å². The Bertz CT molecular complexity index is 460. The Balaban J connectivity index is 2.35. The lowest BCUT2D eigenvalue weighted by Gasteiger charge is -2.15. The molecule has 0 fully saturated rings. The van der Waals surface area contributed by atoms with Crippen LogP contribution in [-0.2, 0) is 9.59 Å². The minimum absolute atomic E-state index is 0.0383. The molecule has 1 unspecified atom stereocenters. The summed E-state index contributed by atoms with van der Waals surface area (Å²) in [5.74, 6) is -0.627. The zero-order valence-corrected chi connectivity index (χ0v) is 12.6. The quantitative estimate of drug-likeness (QED) is 0.723. The number of unbranched alkanes of at least 4 members (excludes halogenated alkanes) is 1. The molecular weight excluding hydrogens is 271 g/mol. The Hall–Kier alpha value is -1.91. The van der Waals surface area contributed by atoms with Crippen molar-refractivity contribution in [3.63, 3.8) is 0 Å². The van der Waals surface area contributed by atoms with E-state index in [4.69, 9.17) is 0 Å². The molecule has 2 N–H and O–H groups in total. The zero-order chi connectivity index (χ0) is 15.7. The predicted octanol–water partition coefficient (Wildman–Crippen LogP) is 2.35. The maximum absolute atomic E-state index is 12.9. The van der Waals surface area contributed by atoms with Gasteiger partial charge in [0.25, 0.3) is 0 Å². The van der Waals surface area contributed by atoms with E-state index in [0.29, 0.717) is 19.5 Å². The Morgan fingerprint density at radius 2 is 1.67 bits per heavy atom. The molecule has 0 aromatic heterocycles. The summed E-state index contributed by atoms with van der Waals surface area (Å²) in [6.45, 7) is 4.62. The Morgan fingerprint density at radius 3 is 2.19 bits per heavy atom. The summed E-state index contributed by atoms with van der Waals surface area (Å²) in [4.78, 5) is 22.8. The van der Waals surface area contributed by atoms with E-state index < -0.39 is 0 Å². The van der Waals surface area contributed by atoms with Crippen LogP contribution in [0.5, 0.6) is 0 Å². The minimum Gasteiger partial charge on any atom is -0.356 e. The smallest absolute Gasteiger partial charge is 0.227 e. The van der Waals surface area contributed by atoms with Crippen LogP contribution < -0.4 is 10.6 Å². The Morgan fingerprint density at radius 1 is 1.10 bits per heavy atom. The number of carbonyl (C=O) groups is 2. The number of nitrogens with one attached hydrogen (secondary N) is 2. The number of rotatable bonds is 8. The monoisotopic (exact) mass is 294 g/mol. The van der Waals surface area contributed by atoms with E-state index in [2.05, 4.69) is 10.6 Å². The molecule has 4 nitrogen and oxygen atoms in total. The van der Waals surface area contributed by atoms with E-state index in [1.165, 1.54) is 19.1 Å². The van der Waals surface area contributed by atoms with Gasteiger partial charge in [0.2, 0.25) is 11.8 Å². The van der Waals surface area contributed by atoms with Gasteiger partial charge in [0.1, 0.15) is 5.82 Å². The third-order valence-corrected chi connectivity index (χ3v) is 3.27. The van der Waals surface area contributed by atoms with Crippen molar-refractivity contribution in [2.75, 3.05) is 13.1 Å². The van der Waals surface area contributed by atoms with E-state index in [9.17, 15) is 14.0 Å². The summed E-state index contributed by atoms with van der Waals surface area (Å²) in [6, 6.07) is 6.05. The number of carbonyl (C=O) groups excluding carboxylic acids is 2. The van der Waals surface area contributed by atoms with Crippen LogP contribution in [0.1, 0.15) is 44.6 Å². The molecule has 0 aliphatic rings. The first kappa shape index (κ1) is 17.1. The van der Waals surface area contributed by atoms with Gasteiger partial charge in [0.15, 0.2) is 0 Å². The second-order valence-electron chi connectivity index (χ2n) is 4.99. The van der Waals surface area contributed by atoms with Gasteiger partial charge >= 0.3 is 0 Å². The highest BCUT2D eigenvalue weighted by Crippen LogP contribution is 2.19. The lowest BCUT2D eigenvalue weighted by molar-refractivity contribution is -0.122. The fourth-order valence-electron chi connectivity index (χ4n) is 2.12. The van der Waals surface area contributed by atoms with Crippen LogP contribution in [0.4, 0.5) is 4.39 Å². The molecule has 5 heteroatoms. The molecule has 0 aliphatic carbocycles. The normalized spacial score (nSPS) is 11.8. The fraction of sp³-hybridized carbons (Fsp3) is 0.500. The Labute approximate surface area is 125 Å². The maximum Gasteiger partial charge on any atom is 0.227 e. The molecule has 21 heavy (non-hydrogen) atoms. The van der Waals surface area contributed by atoms with E-state index in [0.717, 1.165) is 18.4 Å². The fourth-order valence-corrected chi connectivity index (χ4v) is 2.12. The molecule has 0 radical (unpaired) electrons. The molecule has 116 valence electrons. The predicted molar refractivity (Wildman–Crippen MR) is 80.4 cm³/mol. The van der Waals surface area contributed by atoms with Crippen molar-refractivity contribution in [1.82, 2.24) is 10.6 Å². The van der Waals surface area contributed by atoms with Crippen LogP contribution in [-0.4, -0.2) is 24.9 Å². The van der Waals surface area contributed by atoms with Crippen LogP contribution >= 0.6 is 0 Å². The van der Waals surface area contributed by atoms with Gasteiger partial charge in [-0.15, -0.1) is 0 Å². The molecule has 2 amide bonds. The van der Waals surface area contributed by atoms with Crippen LogP contribution in [0.2, 0.25) is 0 Å². The SMILES string of the molecule is CCC(C(=O)NCCCCNC(C)=O)c1ccc(F)cc1. The number of halogens is 1. The average molecular weight is 294 g/mol. The highest BCUT2D eigenvalue weighted by atomic mass is 19.1. The lowest BCUT2D eigenvalue weighted by Crippen LogP contribution is -2.30. The number of benzene rings is 1. The van der Waals surface area contributed by atoms with Crippen molar-refractivity contribution in [2.45, 2.75) is 39.0 Å². The molecule has 0 aliphatic heterocycles. The van der Waals surface area contributed by atoms with Crippen molar-refractivity contribution >= 4 is 11.8 Å². The average Bonchev–Trinajstić information content (AvgIpc) is 2.45. The summed E-state index contributed by atoms with van der Waals surface area (Å²) in [5, 5.41) is 5.60. The van der Waals surface area contributed by atoms with Crippen molar-refractivity contribution in [2.24, 2.45) is 0 Å². The lowest BCUT2D eigenvalue weighted by atomic mass is 9.95. The maximum atomic E-state index is 12.9. The molecule has 0 bridgehead atoms. The zero-order valence-electron chi connectivity index (χ0n) is 12.6. The third kappa shape index (κ3) is 6.38. The van der Waals surface area contributed by atoms with E-state index >= 15 is 0 Å². The van der Waals surface area contributed by atoms with Crippen molar-refractivity contribution in [1.29, 1.82) is 0 Å². The minimum atomic E-state index is -0.299. The summed E-state index contributed by atoms with van der Waals surface area (Å²) < 4.78 is 12.9. The summed E-state index contributed by atoms with van der Waals surface area (Å²) in [6.07, 6.45) is 2.31. The highest BCUT2D eigenvalue weighted by Gasteiger charge is 2.17. The standard InChI is InChI=1S/C16H23FN2O2/c1-3-15(13-6-8-14(17)9-7-13)16(21)19-11-5-4-10-18-12(2)20/h6-9,15H,3-5,10-11H2,1-2H3,(H,18,20)(H,19,21). The molecule has 1 aromatic rings. The molecule has 0 heterocycles. The molecule has 0 spiro atoms. The summed E-state index contributed by atoms with van der Waals surface area (Å²) in [7, 11) is 0. The molecule has 1 atom stereocenters. The summed E-state index contributed by atoms with van der Waals surface area (Å²) in [5.41, 5.74) is 0.828. The van der Waals surface area contributed by atoms with Gasteiger partial charge in [-0.2, -0.15) is 0 Å². The molecule has 0 saturated heterocycles. The molecule has 1 rings (SSSR count). The topological polar surface area (TPSA) is 58.2 Å². The van der Waals surface area contributed by atoms with Gasteiger partial charge in [-0.05, 0) is 37.0 Å². The van der Waals surface area contributed by atoms with Crippen LogP contribution in [0.25, 0.3) is 0 Å². The largest absolute Gasteiger partial charge is 0.356 e. The van der Waals surface area contributed by atoms with Crippen molar-refractivity contribution in [3.8, 4) is 0 Å². The van der Waals surface area contributed by atoms with Crippen molar-refractivity contribution in [3.05, 3.63) is 35.6 Å². The molecule has 1 aromatic carbocycles. The van der Waals surface area contributed by atoms with E-state index in [1.54, 1.807) is 12.1 Å². The number of amides is 2. The van der Waals surface area contributed by atoms with Crippen LogP contribution in [0, 0.1) is 5.82 Å². The van der Waals surface area contributed by atoms with Gasteiger partial charge in [-0.1, -0.05) is 19.1 Å². The van der Waals surface area contributed by atoms with Gasteiger partial charge in [-0.25, -0.2) is 4.39 Å². The second-order valence-corrected chi connectivity index (χ2v) is 4.99. The Kier molecular flexibility index (Phi) is 7.43. The molecule has 0 saturated carbocycles. The number of hydrogen-bond donors (Lipinski definition) is 2. The van der Waals surface area contributed by atoms with Gasteiger partial charge in [0.05, 0.1) is 5.92 Å². The molecular formula is C16H23FN2O2. The van der Waals surface area contributed by atoms with Crippen LogP contribution in [0.15, 0.2) is 24.3 Å². The van der Waals surface area contributed by atoms with E-state index in [-0.39, 0.29) is 23.5 Å². The first-order chi connectivity index (χ1) is 10.0. The van der Waals surface area contributed by atoms with Gasteiger partial charge in [-0.3, -0.25) is 9.59 Å². The van der Waals surface area contributed by atoms with Crippen LogP contribution in [0.3, 0.4) is 0 Å². The first-order valence-electron chi connectivity index (χ1n) is 7.32. The number of hydrogen-bond acceptors (Lipinski definition) is 2. The third-order valence-electron chi connectivity index (χ3n) is 3.27. The van der Waals surface area contributed by atoms with Gasteiger partial charge in [0, 0.05) is 20.0 Å². The summed E-state index contributed by atoms with van der Waals surface area (Å²) >= 11 is 0. The second kappa shape index (κ2) is 9.10. The first-order valence-corrected chi connectivity index (χ1v) is 7.32.